The molecule has 0 saturated carbocycles. The lowest BCUT2D eigenvalue weighted by Gasteiger charge is -2.17. The minimum Gasteiger partial charge on any atom is -0.463 e. The van der Waals surface area contributed by atoms with Crippen LogP contribution in [-0.4, -0.2) is 60.6 Å². The second-order valence-electron chi connectivity index (χ2n) is 5.03. The zero-order chi connectivity index (χ0) is 16.7. The summed E-state index contributed by atoms with van der Waals surface area (Å²) < 4.78 is 12.2. The number of aromatic nitrogens is 4. The monoisotopic (exact) mass is 387 g/mol. The van der Waals surface area contributed by atoms with Crippen LogP contribution in [0.2, 0.25) is 0 Å². The molecule has 1 aliphatic heterocycles. The molecular formula is C12H14BrN5O5. The number of imidazole rings is 1. The maximum atomic E-state index is 10.9. The number of halogens is 1. The highest BCUT2D eigenvalue weighted by molar-refractivity contribution is 9.10. The zero-order valence-corrected chi connectivity index (χ0v) is 13.5. The first-order valence-corrected chi connectivity index (χ1v) is 7.48. The van der Waals surface area contributed by atoms with Gasteiger partial charge < -0.3 is 25.4 Å². The van der Waals surface area contributed by atoms with Gasteiger partial charge in [0.15, 0.2) is 27.9 Å². The molecule has 4 atom stereocenters. The average Bonchev–Trinajstić information content (AvgIpc) is 2.96. The van der Waals surface area contributed by atoms with E-state index in [1.165, 1.54) is 17.8 Å². The molecule has 4 unspecified atom stereocenters. The van der Waals surface area contributed by atoms with Crippen LogP contribution < -0.4 is 5.73 Å². The van der Waals surface area contributed by atoms with Crippen molar-refractivity contribution in [3.63, 3.8) is 0 Å². The Hall–Kier alpha value is -1.82. The SMILES string of the molecule is CC(=O)OCC1OC(n2c(Br)nc3c(N)ncnc32)C(O)C1O. The summed E-state index contributed by atoms with van der Waals surface area (Å²) in [5.41, 5.74) is 6.43. The molecule has 1 fully saturated rings. The van der Waals surface area contributed by atoms with E-state index in [0.717, 1.165) is 0 Å². The lowest BCUT2D eigenvalue weighted by atomic mass is 10.1. The van der Waals surface area contributed by atoms with Gasteiger partial charge in [-0.05, 0) is 15.9 Å². The first-order chi connectivity index (χ1) is 10.9. The fourth-order valence-corrected chi connectivity index (χ4v) is 2.95. The summed E-state index contributed by atoms with van der Waals surface area (Å²) in [4.78, 5) is 23.0. The Morgan fingerprint density at radius 2 is 2.22 bits per heavy atom. The third-order valence-corrected chi connectivity index (χ3v) is 4.06. The van der Waals surface area contributed by atoms with Crippen LogP contribution >= 0.6 is 15.9 Å². The second-order valence-corrected chi connectivity index (χ2v) is 5.74. The van der Waals surface area contributed by atoms with Crippen molar-refractivity contribution in [1.82, 2.24) is 19.5 Å². The van der Waals surface area contributed by atoms with E-state index >= 15 is 0 Å². The van der Waals surface area contributed by atoms with Crippen LogP contribution in [0, 0.1) is 0 Å². The van der Waals surface area contributed by atoms with Gasteiger partial charge in [-0.2, -0.15) is 0 Å². The summed E-state index contributed by atoms with van der Waals surface area (Å²) >= 11 is 3.25. The van der Waals surface area contributed by atoms with E-state index in [9.17, 15) is 15.0 Å². The number of carbonyl (C=O) groups excluding carboxylic acids is 1. The highest BCUT2D eigenvalue weighted by Gasteiger charge is 2.45. The van der Waals surface area contributed by atoms with Gasteiger partial charge in [-0.15, -0.1) is 0 Å². The summed E-state index contributed by atoms with van der Waals surface area (Å²) in [6.07, 6.45) is -3.08. The maximum absolute atomic E-state index is 10.9. The van der Waals surface area contributed by atoms with E-state index in [1.807, 2.05) is 0 Å². The van der Waals surface area contributed by atoms with Crippen molar-refractivity contribution in [3.8, 4) is 0 Å². The maximum Gasteiger partial charge on any atom is 0.302 e. The molecule has 4 N–H and O–H groups in total. The first kappa shape index (κ1) is 16.1. The molecule has 0 spiro atoms. The van der Waals surface area contributed by atoms with Crippen LogP contribution in [0.4, 0.5) is 5.82 Å². The summed E-state index contributed by atoms with van der Waals surface area (Å²) in [7, 11) is 0. The number of fused-ring (bicyclic) bond motifs is 1. The molecule has 124 valence electrons. The topological polar surface area (TPSA) is 146 Å². The molecule has 1 saturated heterocycles. The van der Waals surface area contributed by atoms with Crippen molar-refractivity contribution >= 4 is 38.9 Å². The highest BCUT2D eigenvalue weighted by atomic mass is 79.9. The van der Waals surface area contributed by atoms with Gasteiger partial charge in [0.25, 0.3) is 0 Å². The number of carbonyl (C=O) groups is 1. The predicted octanol–water partition coefficient (Wildman–Crippen LogP) is -0.647. The lowest BCUT2D eigenvalue weighted by Crippen LogP contribution is -2.34. The van der Waals surface area contributed by atoms with Gasteiger partial charge in [0.1, 0.15) is 31.2 Å². The molecule has 11 heteroatoms. The second kappa shape index (κ2) is 6.00. The number of nitrogens with zero attached hydrogens (tertiary/aromatic N) is 4. The molecule has 3 heterocycles. The quantitative estimate of drug-likeness (QED) is 0.461. The van der Waals surface area contributed by atoms with Crippen molar-refractivity contribution in [3.05, 3.63) is 11.1 Å². The molecule has 0 bridgehead atoms. The molecule has 1 aliphatic rings. The zero-order valence-electron chi connectivity index (χ0n) is 12.0. The van der Waals surface area contributed by atoms with Gasteiger partial charge >= 0.3 is 5.97 Å². The van der Waals surface area contributed by atoms with Gasteiger partial charge in [-0.1, -0.05) is 0 Å². The first-order valence-electron chi connectivity index (χ1n) is 6.69. The fraction of sp³-hybridized carbons (Fsp3) is 0.500. The standard InChI is InChI=1S/C12H14BrN5O5/c1-4(19)22-2-5-7(20)8(21)11(23-5)18-10-6(17-12(18)13)9(14)15-3-16-10/h3,5,7-8,11,20-21H,2H2,1H3,(H2,14,15,16). The number of aliphatic hydroxyl groups excluding tert-OH is 2. The Bertz CT molecular complexity index is 753. The van der Waals surface area contributed by atoms with Crippen LogP contribution in [0.1, 0.15) is 13.2 Å². The van der Waals surface area contributed by atoms with Crippen LogP contribution in [0.5, 0.6) is 0 Å². The molecule has 0 aromatic carbocycles. The summed E-state index contributed by atoms with van der Waals surface area (Å²) in [6.45, 7) is 1.07. The van der Waals surface area contributed by atoms with E-state index in [-0.39, 0.29) is 12.4 Å². The van der Waals surface area contributed by atoms with Crippen molar-refractivity contribution < 1.29 is 24.5 Å². The van der Waals surface area contributed by atoms with E-state index in [1.54, 1.807) is 0 Å². The molecule has 0 radical (unpaired) electrons. The number of nitrogen functional groups attached to an aromatic ring is 1. The van der Waals surface area contributed by atoms with Crippen LogP contribution in [-0.2, 0) is 14.3 Å². The lowest BCUT2D eigenvalue weighted by molar-refractivity contribution is -0.147. The minimum absolute atomic E-state index is 0.175. The molecule has 2 aromatic heterocycles. The van der Waals surface area contributed by atoms with Crippen LogP contribution in [0.3, 0.4) is 0 Å². The summed E-state index contributed by atoms with van der Waals surface area (Å²) in [6, 6.07) is 0. The summed E-state index contributed by atoms with van der Waals surface area (Å²) in [5.74, 6) is -0.326. The number of nitrogens with two attached hydrogens (primary N) is 1. The van der Waals surface area contributed by atoms with Gasteiger partial charge in [-0.25, -0.2) is 15.0 Å². The normalized spacial score (nSPS) is 27.5. The molecule has 2 aromatic rings. The van der Waals surface area contributed by atoms with Crippen LogP contribution in [0.25, 0.3) is 11.2 Å². The Balaban J connectivity index is 1.94. The molecule has 3 rings (SSSR count). The third-order valence-electron chi connectivity index (χ3n) is 3.50. The molecule has 23 heavy (non-hydrogen) atoms. The van der Waals surface area contributed by atoms with Crippen molar-refractivity contribution in [1.29, 1.82) is 0 Å². The van der Waals surface area contributed by atoms with Gasteiger partial charge in [0.05, 0.1) is 0 Å². The molecule has 0 amide bonds. The highest BCUT2D eigenvalue weighted by Crippen LogP contribution is 2.35. The number of aliphatic hydroxyl groups is 2. The molecular weight excluding hydrogens is 374 g/mol. The van der Waals surface area contributed by atoms with Crippen molar-refractivity contribution in [2.75, 3.05) is 12.3 Å². The fourth-order valence-electron chi connectivity index (χ4n) is 2.40. The van der Waals surface area contributed by atoms with E-state index in [2.05, 4.69) is 30.9 Å². The Labute approximate surface area is 138 Å². The van der Waals surface area contributed by atoms with Gasteiger partial charge in [0.2, 0.25) is 0 Å². The van der Waals surface area contributed by atoms with Gasteiger partial charge in [-0.3, -0.25) is 9.36 Å². The molecule has 10 nitrogen and oxygen atoms in total. The Kier molecular flexibility index (Phi) is 4.19. The number of esters is 1. The third kappa shape index (κ3) is 2.76. The van der Waals surface area contributed by atoms with E-state index in [4.69, 9.17) is 15.2 Å². The Morgan fingerprint density at radius 3 is 2.91 bits per heavy atom. The number of anilines is 1. The average molecular weight is 388 g/mol. The van der Waals surface area contributed by atoms with E-state index < -0.39 is 30.5 Å². The van der Waals surface area contributed by atoms with E-state index in [0.29, 0.717) is 15.9 Å². The number of hydrogen-bond donors (Lipinski definition) is 3. The smallest absolute Gasteiger partial charge is 0.302 e. The van der Waals surface area contributed by atoms with Gasteiger partial charge in [0, 0.05) is 6.92 Å². The minimum atomic E-state index is -1.26. The number of ether oxygens (including phenoxy) is 2. The molecule has 0 aliphatic carbocycles. The summed E-state index contributed by atoms with van der Waals surface area (Å²) in [5, 5.41) is 20.3. The van der Waals surface area contributed by atoms with Crippen LogP contribution in [0.15, 0.2) is 11.1 Å². The predicted molar refractivity (Wildman–Crippen MR) is 80.0 cm³/mol. The van der Waals surface area contributed by atoms with Crippen molar-refractivity contribution in [2.24, 2.45) is 0 Å². The Morgan fingerprint density at radius 1 is 1.48 bits per heavy atom. The number of rotatable bonds is 3. The number of hydrogen-bond acceptors (Lipinski definition) is 9. The van der Waals surface area contributed by atoms with Crippen molar-refractivity contribution in [2.45, 2.75) is 31.5 Å². The largest absolute Gasteiger partial charge is 0.463 e.